The predicted octanol–water partition coefficient (Wildman–Crippen LogP) is 3.28. The summed E-state index contributed by atoms with van der Waals surface area (Å²) in [6.07, 6.45) is 10.4. The Kier molecular flexibility index (Phi) is 5.12. The molecule has 0 N–H and O–H groups in total. The maximum Gasteiger partial charge on any atom is 0.0636 e. The quantitative estimate of drug-likeness (QED) is 0.794. The average molecular weight is 284 g/mol. The van der Waals surface area contributed by atoms with Crippen LogP contribution < -0.4 is 0 Å². The lowest BCUT2D eigenvalue weighted by Crippen LogP contribution is -2.41. The largest absolute Gasteiger partial charge is 0.299 e. The number of piperidine rings is 1. The molecule has 1 aliphatic heterocycles. The van der Waals surface area contributed by atoms with E-state index in [9.17, 15) is 0 Å². The van der Waals surface area contributed by atoms with E-state index in [1.54, 1.807) is 0 Å². The van der Waals surface area contributed by atoms with Crippen LogP contribution in [-0.2, 0) is 6.54 Å². The van der Waals surface area contributed by atoms with Gasteiger partial charge in [-0.15, -0.1) is 6.42 Å². The molecule has 1 fully saturated rings. The highest BCUT2D eigenvalue weighted by atomic mass is 32.2. The van der Waals surface area contributed by atoms with E-state index in [2.05, 4.69) is 35.3 Å². The summed E-state index contributed by atoms with van der Waals surface area (Å²) >= 11 is 1.86. The molecular formula is C17H20N2S. The van der Waals surface area contributed by atoms with Gasteiger partial charge in [0.05, 0.1) is 6.07 Å². The van der Waals surface area contributed by atoms with Gasteiger partial charge in [-0.1, -0.05) is 18.1 Å². The first-order valence-corrected chi connectivity index (χ1v) is 8.14. The minimum absolute atomic E-state index is 0.179. The van der Waals surface area contributed by atoms with Crippen molar-refractivity contribution in [1.29, 1.82) is 5.26 Å². The van der Waals surface area contributed by atoms with Gasteiger partial charge in [0.2, 0.25) is 0 Å². The fraction of sp³-hybridized carbons (Fsp3) is 0.471. The van der Waals surface area contributed by atoms with Crippen LogP contribution in [0.5, 0.6) is 0 Å². The molecule has 0 bridgehead atoms. The summed E-state index contributed by atoms with van der Waals surface area (Å²) in [5.74, 6) is 2.64. The Morgan fingerprint density at radius 2 is 1.95 bits per heavy atom. The van der Waals surface area contributed by atoms with Gasteiger partial charge in [-0.2, -0.15) is 17.0 Å². The van der Waals surface area contributed by atoms with Crippen LogP contribution in [0.3, 0.4) is 0 Å². The Labute approximate surface area is 126 Å². The zero-order valence-corrected chi connectivity index (χ0v) is 12.7. The molecule has 20 heavy (non-hydrogen) atoms. The lowest BCUT2D eigenvalue weighted by atomic mass is 9.92. The topological polar surface area (TPSA) is 27.0 Å². The van der Waals surface area contributed by atoms with E-state index >= 15 is 0 Å². The molecule has 104 valence electrons. The average Bonchev–Trinajstić information content (AvgIpc) is 2.50. The van der Waals surface area contributed by atoms with Gasteiger partial charge < -0.3 is 0 Å². The fourth-order valence-corrected chi connectivity index (χ4v) is 3.48. The highest BCUT2D eigenvalue weighted by molar-refractivity contribution is 8.00. The van der Waals surface area contributed by atoms with Crippen molar-refractivity contribution in [3.8, 4) is 18.4 Å². The molecule has 0 saturated carbocycles. The van der Waals surface area contributed by atoms with E-state index in [4.69, 9.17) is 11.7 Å². The summed E-state index contributed by atoms with van der Waals surface area (Å²) in [6.45, 7) is 3.11. The number of thioether (sulfide) groups is 1. The summed E-state index contributed by atoms with van der Waals surface area (Å²) < 4.78 is 0.179. The standard InChI is InChI=1S/C17H20N2S/c1-3-15-4-6-16(7-5-15)14-19-12-9-17(20-2,8-11-18)10-13-19/h1,4-7H,8-10,12-14H2,2H3. The number of terminal acetylenes is 1. The van der Waals surface area contributed by atoms with Crippen LogP contribution in [0.4, 0.5) is 0 Å². The molecule has 1 aliphatic rings. The molecule has 1 saturated heterocycles. The second-order valence-electron chi connectivity index (χ2n) is 5.34. The Hall–Kier alpha value is -1.42. The van der Waals surface area contributed by atoms with E-state index < -0.39 is 0 Å². The fourth-order valence-electron chi connectivity index (χ4n) is 2.68. The molecular weight excluding hydrogens is 264 g/mol. The van der Waals surface area contributed by atoms with Gasteiger partial charge in [0.15, 0.2) is 0 Å². The Balaban J connectivity index is 1.91. The highest BCUT2D eigenvalue weighted by Gasteiger charge is 2.33. The van der Waals surface area contributed by atoms with Crippen LogP contribution >= 0.6 is 11.8 Å². The second kappa shape index (κ2) is 6.84. The first-order valence-electron chi connectivity index (χ1n) is 6.91. The number of nitrogens with zero attached hydrogens (tertiary/aromatic N) is 2. The molecule has 0 unspecified atom stereocenters. The summed E-state index contributed by atoms with van der Waals surface area (Å²) in [5, 5.41) is 8.97. The first kappa shape index (κ1) is 15.0. The molecule has 3 heteroatoms. The highest BCUT2D eigenvalue weighted by Crippen LogP contribution is 2.37. The van der Waals surface area contributed by atoms with Crippen molar-refractivity contribution < 1.29 is 0 Å². The lowest BCUT2D eigenvalue weighted by molar-refractivity contribution is 0.194. The van der Waals surface area contributed by atoms with Gasteiger partial charge in [-0.25, -0.2) is 0 Å². The number of benzene rings is 1. The molecule has 1 heterocycles. The predicted molar refractivity (Wildman–Crippen MR) is 85.4 cm³/mol. The first-order chi connectivity index (χ1) is 9.71. The molecule has 0 radical (unpaired) electrons. The van der Waals surface area contributed by atoms with E-state index in [1.807, 2.05) is 23.9 Å². The van der Waals surface area contributed by atoms with Gasteiger partial charge in [-0.3, -0.25) is 4.90 Å². The molecule has 0 amide bonds. The molecule has 0 spiro atoms. The van der Waals surface area contributed by atoms with Gasteiger partial charge in [0.1, 0.15) is 0 Å². The smallest absolute Gasteiger partial charge is 0.0636 e. The Morgan fingerprint density at radius 3 is 2.45 bits per heavy atom. The molecule has 1 aromatic rings. The van der Waals surface area contributed by atoms with E-state index in [0.717, 1.165) is 38.0 Å². The maximum atomic E-state index is 8.97. The molecule has 2 rings (SSSR count). The van der Waals surface area contributed by atoms with Crippen LogP contribution in [0.1, 0.15) is 30.4 Å². The molecule has 0 aromatic heterocycles. The van der Waals surface area contributed by atoms with Crippen LogP contribution in [0, 0.1) is 23.7 Å². The Bertz CT molecular complexity index is 513. The third kappa shape index (κ3) is 3.57. The van der Waals surface area contributed by atoms with Gasteiger partial charge in [0.25, 0.3) is 0 Å². The number of nitriles is 1. The summed E-state index contributed by atoms with van der Waals surface area (Å²) in [6, 6.07) is 10.6. The van der Waals surface area contributed by atoms with Crippen molar-refractivity contribution in [1.82, 2.24) is 4.90 Å². The Morgan fingerprint density at radius 1 is 1.30 bits per heavy atom. The maximum absolute atomic E-state index is 8.97. The van der Waals surface area contributed by atoms with Crippen molar-refractivity contribution in [2.24, 2.45) is 0 Å². The van der Waals surface area contributed by atoms with Gasteiger partial charge >= 0.3 is 0 Å². The summed E-state index contributed by atoms with van der Waals surface area (Å²) in [5.41, 5.74) is 2.24. The van der Waals surface area contributed by atoms with Crippen molar-refractivity contribution in [2.45, 2.75) is 30.6 Å². The third-order valence-corrected chi connectivity index (χ3v) is 5.55. The summed E-state index contributed by atoms with van der Waals surface area (Å²) in [7, 11) is 0. The van der Waals surface area contributed by atoms with Crippen molar-refractivity contribution >= 4 is 11.8 Å². The minimum atomic E-state index is 0.179. The van der Waals surface area contributed by atoms with Crippen molar-refractivity contribution in [3.63, 3.8) is 0 Å². The number of hydrogen-bond donors (Lipinski definition) is 0. The number of rotatable bonds is 4. The van der Waals surface area contributed by atoms with Crippen LogP contribution in [0.15, 0.2) is 24.3 Å². The van der Waals surface area contributed by atoms with Gasteiger partial charge in [0, 0.05) is 23.3 Å². The SMILES string of the molecule is C#Cc1ccc(CN2CCC(CC#N)(SC)CC2)cc1. The number of hydrogen-bond acceptors (Lipinski definition) is 3. The van der Waals surface area contributed by atoms with E-state index in [0.29, 0.717) is 6.42 Å². The van der Waals surface area contributed by atoms with Crippen LogP contribution in [-0.4, -0.2) is 29.0 Å². The van der Waals surface area contributed by atoms with Crippen molar-refractivity contribution in [2.75, 3.05) is 19.3 Å². The molecule has 1 aromatic carbocycles. The lowest BCUT2D eigenvalue weighted by Gasteiger charge is -2.39. The van der Waals surface area contributed by atoms with E-state index in [1.165, 1.54) is 5.56 Å². The number of likely N-dealkylation sites (tertiary alicyclic amines) is 1. The molecule has 2 nitrogen and oxygen atoms in total. The minimum Gasteiger partial charge on any atom is -0.299 e. The van der Waals surface area contributed by atoms with Crippen molar-refractivity contribution in [3.05, 3.63) is 35.4 Å². The molecule has 0 aliphatic carbocycles. The zero-order chi connectivity index (χ0) is 14.4. The summed E-state index contributed by atoms with van der Waals surface area (Å²) in [4.78, 5) is 2.47. The monoisotopic (exact) mass is 284 g/mol. The third-order valence-electron chi connectivity index (χ3n) is 4.13. The van der Waals surface area contributed by atoms with Crippen LogP contribution in [0.2, 0.25) is 0 Å². The molecule has 0 atom stereocenters. The van der Waals surface area contributed by atoms with Gasteiger partial charge in [-0.05, 0) is 49.9 Å². The zero-order valence-electron chi connectivity index (χ0n) is 11.9. The van der Waals surface area contributed by atoms with Crippen LogP contribution in [0.25, 0.3) is 0 Å². The van der Waals surface area contributed by atoms with E-state index in [-0.39, 0.29) is 4.75 Å². The normalized spacial score (nSPS) is 18.1. The second-order valence-corrected chi connectivity index (χ2v) is 6.61.